The van der Waals surface area contributed by atoms with E-state index in [2.05, 4.69) is 15.7 Å². The van der Waals surface area contributed by atoms with Gasteiger partial charge in [0.15, 0.2) is 0 Å². The van der Waals surface area contributed by atoms with E-state index in [-0.39, 0.29) is 17.5 Å². The molecule has 8 heteroatoms. The van der Waals surface area contributed by atoms with E-state index in [0.717, 1.165) is 0 Å². The number of primary amides is 1. The molecule has 6 N–H and O–H groups in total. The van der Waals surface area contributed by atoms with E-state index < -0.39 is 5.91 Å². The van der Waals surface area contributed by atoms with Crippen LogP contribution in [0.5, 0.6) is 0 Å². The van der Waals surface area contributed by atoms with Crippen molar-refractivity contribution in [1.82, 2.24) is 10.3 Å². The third-order valence-corrected chi connectivity index (χ3v) is 2.28. The van der Waals surface area contributed by atoms with E-state index in [1.807, 2.05) is 0 Å². The Bertz CT molecular complexity index is 452. The second-order valence-electron chi connectivity index (χ2n) is 3.53. The van der Waals surface area contributed by atoms with Crippen molar-refractivity contribution in [3.8, 4) is 0 Å². The lowest BCUT2D eigenvalue weighted by Crippen LogP contribution is -2.26. The zero-order valence-corrected chi connectivity index (χ0v) is 10.3. The molecule has 1 aromatic rings. The van der Waals surface area contributed by atoms with Crippen LogP contribution in [0.3, 0.4) is 0 Å². The average molecular weight is 272 g/mol. The summed E-state index contributed by atoms with van der Waals surface area (Å²) in [6.45, 7) is 0.354. The molecule has 7 nitrogen and oxygen atoms in total. The minimum atomic E-state index is -0.397. The van der Waals surface area contributed by atoms with Gasteiger partial charge in [-0.15, -0.1) is 0 Å². The molecular weight excluding hydrogens is 258 g/mol. The largest absolute Gasteiger partial charge is 0.370 e. The van der Waals surface area contributed by atoms with Gasteiger partial charge in [0.1, 0.15) is 11.0 Å². The average Bonchev–Trinajstić information content (AvgIpc) is 2.33. The fraction of sp³-hybridized carbons (Fsp3) is 0.300. The molecule has 0 saturated carbocycles. The molecule has 0 radical (unpaired) electrons. The molecule has 18 heavy (non-hydrogen) atoms. The highest BCUT2D eigenvalue weighted by Crippen LogP contribution is 2.13. The van der Waals surface area contributed by atoms with Crippen molar-refractivity contribution < 1.29 is 9.59 Å². The first-order valence-electron chi connectivity index (χ1n) is 5.23. The minimum Gasteiger partial charge on any atom is -0.370 e. The molecule has 2 amide bonds. The number of nitrogens with zero attached hydrogens (tertiary/aromatic N) is 1. The standard InChI is InChI=1S/C10H14ClN5O2/c11-7-4-6(5-9(15-7)16-13)10(18)14-3-1-2-8(12)17/h4-5H,1-3,13H2,(H2,12,17)(H,14,18)(H,15,16). The number of pyridine rings is 1. The first-order chi connectivity index (χ1) is 8.52. The summed E-state index contributed by atoms with van der Waals surface area (Å²) in [6.07, 6.45) is 0.717. The number of carbonyl (C=O) groups excluding carboxylic acids is 2. The van der Waals surface area contributed by atoms with Gasteiger partial charge >= 0.3 is 0 Å². The molecule has 0 spiro atoms. The van der Waals surface area contributed by atoms with E-state index >= 15 is 0 Å². The predicted octanol–water partition coefficient (Wildman–Crippen LogP) is 0.0159. The highest BCUT2D eigenvalue weighted by molar-refractivity contribution is 6.29. The summed E-state index contributed by atoms with van der Waals surface area (Å²) >= 11 is 5.73. The number of hydrogen-bond acceptors (Lipinski definition) is 5. The molecule has 0 saturated heterocycles. The van der Waals surface area contributed by atoms with Crippen molar-refractivity contribution >= 4 is 29.2 Å². The Morgan fingerprint density at radius 2 is 2.11 bits per heavy atom. The number of hydrogen-bond donors (Lipinski definition) is 4. The number of nitrogens with one attached hydrogen (secondary N) is 2. The van der Waals surface area contributed by atoms with Gasteiger partial charge in [0.2, 0.25) is 5.91 Å². The maximum absolute atomic E-state index is 11.7. The lowest BCUT2D eigenvalue weighted by Gasteiger charge is -2.06. The molecule has 98 valence electrons. The van der Waals surface area contributed by atoms with Crippen molar-refractivity contribution in [2.24, 2.45) is 11.6 Å². The van der Waals surface area contributed by atoms with Crippen molar-refractivity contribution in [3.05, 3.63) is 22.8 Å². The van der Waals surface area contributed by atoms with Crippen LogP contribution >= 0.6 is 11.6 Å². The molecule has 0 aromatic carbocycles. The van der Waals surface area contributed by atoms with Gasteiger partial charge in [0.25, 0.3) is 5.91 Å². The van der Waals surface area contributed by atoms with Gasteiger partial charge in [-0.05, 0) is 18.6 Å². The molecule has 0 atom stereocenters. The number of anilines is 1. The smallest absolute Gasteiger partial charge is 0.251 e. The lowest BCUT2D eigenvalue weighted by molar-refractivity contribution is -0.118. The molecule has 1 rings (SSSR count). The maximum atomic E-state index is 11.7. The summed E-state index contributed by atoms with van der Waals surface area (Å²) in [5, 5.41) is 2.79. The van der Waals surface area contributed by atoms with Gasteiger partial charge < -0.3 is 16.5 Å². The molecule has 1 heterocycles. The SMILES string of the molecule is NNc1cc(C(=O)NCCCC(N)=O)cc(Cl)n1. The van der Waals surface area contributed by atoms with Crippen molar-refractivity contribution in [2.45, 2.75) is 12.8 Å². The Balaban J connectivity index is 2.55. The molecule has 0 aliphatic heterocycles. The fourth-order valence-electron chi connectivity index (χ4n) is 1.27. The van der Waals surface area contributed by atoms with E-state index in [1.165, 1.54) is 12.1 Å². The zero-order chi connectivity index (χ0) is 13.5. The summed E-state index contributed by atoms with van der Waals surface area (Å²) in [5.41, 5.74) is 7.62. The van der Waals surface area contributed by atoms with Crippen LogP contribution in [-0.4, -0.2) is 23.3 Å². The Hall–Kier alpha value is -1.86. The van der Waals surface area contributed by atoms with Gasteiger partial charge in [-0.2, -0.15) is 0 Å². The molecule has 0 aliphatic rings. The Morgan fingerprint density at radius 1 is 1.39 bits per heavy atom. The number of nitrogen functional groups attached to an aromatic ring is 1. The number of nitrogens with two attached hydrogens (primary N) is 2. The number of halogens is 1. The summed E-state index contributed by atoms with van der Waals surface area (Å²) in [7, 11) is 0. The Labute approximate surface area is 109 Å². The molecule has 0 bridgehead atoms. The first-order valence-corrected chi connectivity index (χ1v) is 5.61. The molecule has 0 unspecified atom stereocenters. The van der Waals surface area contributed by atoms with Crippen LogP contribution in [0.4, 0.5) is 5.82 Å². The second kappa shape index (κ2) is 6.77. The highest BCUT2D eigenvalue weighted by Gasteiger charge is 2.08. The van der Waals surface area contributed by atoms with Crippen molar-refractivity contribution in [2.75, 3.05) is 12.0 Å². The van der Waals surface area contributed by atoms with Gasteiger partial charge in [-0.1, -0.05) is 11.6 Å². The predicted molar refractivity (Wildman–Crippen MR) is 67.8 cm³/mol. The van der Waals surface area contributed by atoms with Gasteiger partial charge in [0, 0.05) is 18.5 Å². The van der Waals surface area contributed by atoms with Crippen LogP contribution < -0.4 is 22.3 Å². The van der Waals surface area contributed by atoms with Gasteiger partial charge in [-0.25, -0.2) is 10.8 Å². The summed E-state index contributed by atoms with van der Waals surface area (Å²) in [6, 6.07) is 2.89. The normalized spacial score (nSPS) is 9.89. The van der Waals surface area contributed by atoms with Crippen molar-refractivity contribution in [3.63, 3.8) is 0 Å². The highest BCUT2D eigenvalue weighted by atomic mass is 35.5. The Morgan fingerprint density at radius 3 is 2.72 bits per heavy atom. The van der Waals surface area contributed by atoms with Gasteiger partial charge in [-0.3, -0.25) is 9.59 Å². The zero-order valence-electron chi connectivity index (χ0n) is 9.57. The second-order valence-corrected chi connectivity index (χ2v) is 3.92. The number of carbonyl (C=O) groups is 2. The molecule has 1 aromatic heterocycles. The number of hydrazine groups is 1. The molecular formula is C10H14ClN5O2. The maximum Gasteiger partial charge on any atom is 0.251 e. The monoisotopic (exact) mass is 271 g/mol. The third kappa shape index (κ3) is 4.56. The van der Waals surface area contributed by atoms with Crippen LogP contribution in [0.15, 0.2) is 12.1 Å². The topological polar surface area (TPSA) is 123 Å². The van der Waals surface area contributed by atoms with Gasteiger partial charge in [0.05, 0.1) is 0 Å². The van der Waals surface area contributed by atoms with E-state index in [9.17, 15) is 9.59 Å². The first kappa shape index (κ1) is 14.2. The number of aromatic nitrogens is 1. The number of amides is 2. The van der Waals surface area contributed by atoms with Crippen LogP contribution in [-0.2, 0) is 4.79 Å². The van der Waals surface area contributed by atoms with E-state index in [4.69, 9.17) is 23.2 Å². The molecule has 0 fully saturated rings. The molecule has 0 aliphatic carbocycles. The fourth-order valence-corrected chi connectivity index (χ4v) is 1.48. The van der Waals surface area contributed by atoms with Crippen LogP contribution in [0.2, 0.25) is 5.15 Å². The summed E-state index contributed by atoms with van der Waals surface area (Å²) in [5.74, 6) is 4.77. The Kier molecular flexibility index (Phi) is 5.34. The number of rotatable bonds is 6. The quantitative estimate of drug-likeness (QED) is 0.251. The van der Waals surface area contributed by atoms with Crippen molar-refractivity contribution in [1.29, 1.82) is 0 Å². The van der Waals surface area contributed by atoms with Crippen LogP contribution in [0.1, 0.15) is 23.2 Å². The summed E-state index contributed by atoms with van der Waals surface area (Å²) < 4.78 is 0. The summed E-state index contributed by atoms with van der Waals surface area (Å²) in [4.78, 5) is 26.1. The minimum absolute atomic E-state index is 0.160. The van der Waals surface area contributed by atoms with E-state index in [1.54, 1.807) is 0 Å². The van der Waals surface area contributed by atoms with E-state index in [0.29, 0.717) is 24.3 Å². The van der Waals surface area contributed by atoms with Crippen LogP contribution in [0.25, 0.3) is 0 Å². The third-order valence-electron chi connectivity index (χ3n) is 2.09. The lowest BCUT2D eigenvalue weighted by atomic mass is 10.2. The van der Waals surface area contributed by atoms with Crippen LogP contribution in [0, 0.1) is 0 Å².